The van der Waals surface area contributed by atoms with Crippen molar-refractivity contribution in [3.8, 4) is 11.1 Å². The molecular weight excluding hydrogens is 510 g/mol. The first-order valence-electron chi connectivity index (χ1n) is 12.7. The van der Waals surface area contributed by atoms with E-state index in [1.54, 1.807) is 25.1 Å². The number of ether oxygens (including phenoxy) is 1. The highest BCUT2D eigenvalue weighted by Gasteiger charge is 2.39. The maximum atomic E-state index is 12.7. The number of fused-ring (bicyclic) bond motifs is 4. The van der Waals surface area contributed by atoms with Crippen molar-refractivity contribution in [1.82, 2.24) is 15.4 Å². The van der Waals surface area contributed by atoms with Crippen molar-refractivity contribution in [2.45, 2.75) is 19.4 Å². The third kappa shape index (κ3) is 4.37. The second-order valence-electron chi connectivity index (χ2n) is 9.44. The molecule has 198 valence electrons. The molecule has 0 atom stereocenters. The molecule has 0 saturated heterocycles. The first-order chi connectivity index (χ1) is 19.4. The average Bonchev–Trinajstić information content (AvgIpc) is 3.42. The van der Waals surface area contributed by atoms with Crippen LogP contribution in [0.15, 0.2) is 84.9 Å². The van der Waals surface area contributed by atoms with E-state index in [1.807, 2.05) is 24.3 Å². The van der Waals surface area contributed by atoms with Gasteiger partial charge in [-0.15, -0.1) is 0 Å². The molecule has 0 radical (unpaired) electrons. The number of alkyl carbamates (subject to hydrolysis) is 1. The molecular formula is C31H23N3O6. The quantitative estimate of drug-likeness (QED) is 0.354. The van der Waals surface area contributed by atoms with Gasteiger partial charge in [0.15, 0.2) is 0 Å². The molecule has 2 heterocycles. The predicted octanol–water partition coefficient (Wildman–Crippen LogP) is 4.80. The summed E-state index contributed by atoms with van der Waals surface area (Å²) in [4.78, 5) is 59.7. The Morgan fingerprint density at radius 1 is 0.800 bits per heavy atom. The number of pyridine rings is 1. The second kappa shape index (κ2) is 10.1. The molecule has 0 unspecified atom stereocenters. The molecule has 0 bridgehead atoms. The number of hydroxylamine groups is 2. The summed E-state index contributed by atoms with van der Waals surface area (Å²) < 4.78 is 5.55. The molecule has 0 fully saturated rings. The number of benzene rings is 3. The van der Waals surface area contributed by atoms with Crippen LogP contribution in [-0.4, -0.2) is 40.5 Å². The van der Waals surface area contributed by atoms with Crippen molar-refractivity contribution < 1.29 is 28.8 Å². The number of rotatable bonds is 6. The number of nitrogens with one attached hydrogen (secondary N) is 1. The fraction of sp³-hybridized carbons (Fsp3) is 0.129. The lowest BCUT2D eigenvalue weighted by atomic mass is 9.98. The number of amides is 3. The minimum absolute atomic E-state index is 0.0500. The van der Waals surface area contributed by atoms with Gasteiger partial charge in [0.2, 0.25) is 0 Å². The summed E-state index contributed by atoms with van der Waals surface area (Å²) in [5.41, 5.74) is 5.77. The Kier molecular flexibility index (Phi) is 6.31. The molecule has 3 aromatic carbocycles. The van der Waals surface area contributed by atoms with Crippen molar-refractivity contribution >= 4 is 23.9 Å². The lowest BCUT2D eigenvalue weighted by Crippen LogP contribution is -2.33. The van der Waals surface area contributed by atoms with Gasteiger partial charge < -0.3 is 14.9 Å². The fourth-order valence-corrected chi connectivity index (χ4v) is 5.12. The van der Waals surface area contributed by atoms with Crippen molar-refractivity contribution in [1.29, 1.82) is 0 Å². The molecule has 1 aromatic heterocycles. The van der Waals surface area contributed by atoms with Crippen molar-refractivity contribution in [2.24, 2.45) is 0 Å². The van der Waals surface area contributed by atoms with E-state index in [-0.39, 0.29) is 35.8 Å². The standard InChI is InChI=1S/C31H23N3O6/c1-18-20(30(37)40-34-28(35)25-12-6-7-13-26(25)29(34)36)15-14-19(33-18)16-32-31(38)39-17-27-23-10-4-2-8-21(23)22-9-3-5-11-24(22)27/h2-15,27H,16-17H2,1H3,(H,32,38). The van der Waals surface area contributed by atoms with Crippen LogP contribution >= 0.6 is 0 Å². The molecule has 40 heavy (non-hydrogen) atoms. The van der Waals surface area contributed by atoms with Gasteiger partial charge in [-0.3, -0.25) is 14.6 Å². The van der Waals surface area contributed by atoms with Gasteiger partial charge >= 0.3 is 12.1 Å². The van der Waals surface area contributed by atoms with E-state index in [0.717, 1.165) is 22.3 Å². The molecule has 0 spiro atoms. The SMILES string of the molecule is Cc1nc(CNC(=O)OCC2c3ccccc3-c3ccccc32)ccc1C(=O)ON1C(=O)c2ccccc2C1=O. The Bertz CT molecular complexity index is 1620. The van der Waals surface area contributed by atoms with Crippen LogP contribution in [0.2, 0.25) is 0 Å². The second-order valence-corrected chi connectivity index (χ2v) is 9.44. The first kappa shape index (κ1) is 25.0. The van der Waals surface area contributed by atoms with Crippen LogP contribution in [0.1, 0.15) is 59.5 Å². The zero-order valence-corrected chi connectivity index (χ0v) is 21.4. The predicted molar refractivity (Wildman–Crippen MR) is 143 cm³/mol. The Balaban J connectivity index is 1.05. The monoisotopic (exact) mass is 533 g/mol. The number of hydrogen-bond donors (Lipinski definition) is 1. The first-order valence-corrected chi connectivity index (χ1v) is 12.7. The van der Waals surface area contributed by atoms with E-state index in [2.05, 4.69) is 34.6 Å². The van der Waals surface area contributed by atoms with Crippen LogP contribution in [0.5, 0.6) is 0 Å². The molecule has 1 N–H and O–H groups in total. The van der Waals surface area contributed by atoms with E-state index < -0.39 is 23.9 Å². The Morgan fingerprint density at radius 2 is 1.35 bits per heavy atom. The minimum Gasteiger partial charge on any atom is -0.449 e. The van der Waals surface area contributed by atoms with E-state index in [4.69, 9.17) is 9.57 Å². The summed E-state index contributed by atoms with van der Waals surface area (Å²) in [5.74, 6) is -2.35. The van der Waals surface area contributed by atoms with Gasteiger partial charge in [-0.25, -0.2) is 9.59 Å². The summed E-state index contributed by atoms with van der Waals surface area (Å²) in [7, 11) is 0. The van der Waals surface area contributed by atoms with Gasteiger partial charge in [-0.05, 0) is 53.4 Å². The maximum absolute atomic E-state index is 12.7. The van der Waals surface area contributed by atoms with Gasteiger partial charge in [0, 0.05) is 5.92 Å². The number of carbonyl (C=O) groups is 4. The fourth-order valence-electron chi connectivity index (χ4n) is 5.12. The van der Waals surface area contributed by atoms with E-state index in [9.17, 15) is 19.2 Å². The lowest BCUT2D eigenvalue weighted by Gasteiger charge is -2.15. The molecule has 6 rings (SSSR count). The largest absolute Gasteiger partial charge is 0.449 e. The van der Waals surface area contributed by atoms with Gasteiger partial charge in [0.1, 0.15) is 6.61 Å². The molecule has 4 aromatic rings. The molecule has 1 aliphatic carbocycles. The number of nitrogens with zero attached hydrogens (tertiary/aromatic N) is 2. The number of carbonyl (C=O) groups excluding carboxylic acids is 4. The van der Waals surface area contributed by atoms with Crippen LogP contribution in [0, 0.1) is 6.92 Å². The van der Waals surface area contributed by atoms with Crippen LogP contribution < -0.4 is 5.32 Å². The summed E-state index contributed by atoms with van der Waals surface area (Å²) in [5, 5.41) is 3.15. The van der Waals surface area contributed by atoms with Crippen molar-refractivity contribution in [3.63, 3.8) is 0 Å². The summed E-state index contributed by atoms with van der Waals surface area (Å²) in [6.45, 7) is 1.86. The Hall–Kier alpha value is -5.31. The lowest BCUT2D eigenvalue weighted by molar-refractivity contribution is -0.0585. The number of hydrogen-bond acceptors (Lipinski definition) is 7. The highest BCUT2D eigenvalue weighted by atomic mass is 16.7. The smallest absolute Gasteiger partial charge is 0.407 e. The number of aromatic nitrogens is 1. The zero-order valence-electron chi connectivity index (χ0n) is 21.4. The van der Waals surface area contributed by atoms with E-state index in [1.165, 1.54) is 18.2 Å². The third-order valence-corrected chi connectivity index (χ3v) is 7.05. The summed E-state index contributed by atoms with van der Waals surface area (Å²) in [6, 6.07) is 25.4. The van der Waals surface area contributed by atoms with Gasteiger partial charge in [-0.1, -0.05) is 65.7 Å². The Morgan fingerprint density at radius 3 is 1.93 bits per heavy atom. The minimum atomic E-state index is -0.893. The van der Waals surface area contributed by atoms with E-state index >= 15 is 0 Å². The van der Waals surface area contributed by atoms with E-state index in [0.29, 0.717) is 16.5 Å². The molecule has 0 saturated carbocycles. The summed E-state index contributed by atoms with van der Waals surface area (Å²) in [6.07, 6.45) is -0.588. The molecule has 3 amide bonds. The van der Waals surface area contributed by atoms with Gasteiger partial charge in [-0.2, -0.15) is 0 Å². The molecule has 1 aliphatic heterocycles. The molecule has 9 heteroatoms. The molecule has 2 aliphatic rings. The number of aryl methyl sites for hydroxylation is 1. The zero-order chi connectivity index (χ0) is 27.8. The third-order valence-electron chi connectivity index (χ3n) is 7.05. The maximum Gasteiger partial charge on any atom is 0.407 e. The van der Waals surface area contributed by atoms with Crippen LogP contribution in [0.3, 0.4) is 0 Å². The Labute approximate surface area is 229 Å². The number of imide groups is 1. The summed E-state index contributed by atoms with van der Waals surface area (Å²) >= 11 is 0. The van der Waals surface area contributed by atoms with Crippen LogP contribution in [0.25, 0.3) is 11.1 Å². The van der Waals surface area contributed by atoms with Crippen LogP contribution in [0.4, 0.5) is 4.79 Å². The van der Waals surface area contributed by atoms with Crippen molar-refractivity contribution in [3.05, 3.63) is 124 Å². The topological polar surface area (TPSA) is 115 Å². The normalized spacial score (nSPS) is 13.5. The van der Waals surface area contributed by atoms with Crippen LogP contribution in [-0.2, 0) is 16.1 Å². The average molecular weight is 534 g/mol. The highest BCUT2D eigenvalue weighted by Crippen LogP contribution is 2.44. The van der Waals surface area contributed by atoms with Gasteiger partial charge in [0.25, 0.3) is 11.8 Å². The molecule has 9 nitrogen and oxygen atoms in total. The van der Waals surface area contributed by atoms with Gasteiger partial charge in [0.05, 0.1) is 34.6 Å². The van der Waals surface area contributed by atoms with Crippen molar-refractivity contribution in [2.75, 3.05) is 6.61 Å². The highest BCUT2D eigenvalue weighted by molar-refractivity contribution is 6.21.